The van der Waals surface area contributed by atoms with E-state index in [4.69, 9.17) is 0 Å². The van der Waals surface area contributed by atoms with Crippen molar-refractivity contribution in [1.29, 1.82) is 0 Å². The number of amides is 1. The van der Waals surface area contributed by atoms with Gasteiger partial charge in [-0.1, -0.05) is 22.9 Å². The minimum atomic E-state index is -0.346. The van der Waals surface area contributed by atoms with Crippen LogP contribution in [-0.4, -0.2) is 11.9 Å². The molecule has 1 aromatic rings. The molecule has 2 nitrogen and oxygen atoms in total. The summed E-state index contributed by atoms with van der Waals surface area (Å²) in [6.45, 7) is 3.91. The molecule has 0 saturated heterocycles. The summed E-state index contributed by atoms with van der Waals surface area (Å²) in [5.74, 6) is -0.556. The van der Waals surface area contributed by atoms with Crippen LogP contribution in [0.2, 0.25) is 0 Å². The molecule has 0 spiro atoms. The molecule has 0 heterocycles. The van der Waals surface area contributed by atoms with Crippen molar-refractivity contribution >= 4 is 27.9 Å². The molecule has 0 bridgehead atoms. The molecule has 0 fully saturated rings. The third-order valence-electron chi connectivity index (χ3n) is 2.37. The molecule has 1 amide bonds. The Bertz CT molecular complexity index is 431. The van der Waals surface area contributed by atoms with Crippen LogP contribution in [0.5, 0.6) is 0 Å². The first-order valence-electron chi connectivity index (χ1n) is 5.46. The Hall–Kier alpha value is -1.16. The molecule has 92 valence electrons. The van der Waals surface area contributed by atoms with Gasteiger partial charge in [0.05, 0.1) is 0 Å². The van der Waals surface area contributed by atoms with Gasteiger partial charge in [-0.3, -0.25) is 4.79 Å². The van der Waals surface area contributed by atoms with Crippen LogP contribution >= 0.6 is 15.9 Å². The fourth-order valence-corrected chi connectivity index (χ4v) is 1.58. The highest BCUT2D eigenvalue weighted by atomic mass is 79.9. The molecular weight excluding hydrogens is 285 g/mol. The van der Waals surface area contributed by atoms with E-state index in [9.17, 15) is 9.18 Å². The molecule has 1 aromatic carbocycles. The quantitative estimate of drug-likeness (QED) is 0.847. The maximum absolute atomic E-state index is 13.3. The number of hydrogen-bond acceptors (Lipinski definition) is 1. The van der Waals surface area contributed by atoms with Crippen molar-refractivity contribution < 1.29 is 9.18 Å². The predicted octanol–water partition coefficient (Wildman–Crippen LogP) is 3.52. The predicted molar refractivity (Wildman–Crippen MR) is 71.0 cm³/mol. The van der Waals surface area contributed by atoms with Gasteiger partial charge in [-0.05, 0) is 37.6 Å². The van der Waals surface area contributed by atoms with Crippen molar-refractivity contribution in [2.24, 2.45) is 0 Å². The van der Waals surface area contributed by atoms with E-state index >= 15 is 0 Å². The molecule has 0 aliphatic heterocycles. The van der Waals surface area contributed by atoms with Gasteiger partial charge in [0.2, 0.25) is 5.91 Å². The summed E-state index contributed by atoms with van der Waals surface area (Å²) in [6.07, 6.45) is 3.68. The smallest absolute Gasteiger partial charge is 0.244 e. The van der Waals surface area contributed by atoms with Gasteiger partial charge in [-0.15, -0.1) is 0 Å². The van der Waals surface area contributed by atoms with Gasteiger partial charge < -0.3 is 5.32 Å². The summed E-state index contributed by atoms with van der Waals surface area (Å²) in [5.41, 5.74) is 0.388. The fourth-order valence-electron chi connectivity index (χ4n) is 1.20. The maximum Gasteiger partial charge on any atom is 0.244 e. The molecule has 0 radical (unpaired) electrons. The van der Waals surface area contributed by atoms with Crippen LogP contribution in [-0.2, 0) is 4.79 Å². The molecular formula is C13H15BrFNO. The molecule has 4 heteroatoms. The summed E-state index contributed by atoms with van der Waals surface area (Å²) in [7, 11) is 0. The number of hydrogen-bond donors (Lipinski definition) is 1. The first-order chi connectivity index (χ1) is 8.02. The summed E-state index contributed by atoms with van der Waals surface area (Å²) in [6, 6.07) is 4.73. The molecule has 0 aliphatic carbocycles. The SMILES string of the molecule is CC[C@@H](C)NC(=O)/C=C/c1cc(Br)ccc1F. The summed E-state index contributed by atoms with van der Waals surface area (Å²) < 4.78 is 14.1. The molecule has 1 rings (SSSR count). The van der Waals surface area contributed by atoms with Gasteiger partial charge in [0, 0.05) is 22.2 Å². The van der Waals surface area contributed by atoms with Crippen LogP contribution < -0.4 is 5.32 Å². The lowest BCUT2D eigenvalue weighted by atomic mass is 10.2. The Morgan fingerprint density at radius 1 is 1.59 bits per heavy atom. The normalized spacial score (nSPS) is 12.7. The minimum absolute atomic E-state index is 0.125. The largest absolute Gasteiger partial charge is 0.350 e. The Balaban J connectivity index is 2.70. The third kappa shape index (κ3) is 4.69. The number of nitrogens with one attached hydrogen (secondary N) is 1. The lowest BCUT2D eigenvalue weighted by Gasteiger charge is -2.08. The van der Waals surface area contributed by atoms with Crippen molar-refractivity contribution in [1.82, 2.24) is 5.32 Å². The van der Waals surface area contributed by atoms with Crippen molar-refractivity contribution in [2.75, 3.05) is 0 Å². The monoisotopic (exact) mass is 299 g/mol. The van der Waals surface area contributed by atoms with E-state index in [-0.39, 0.29) is 17.8 Å². The Labute approximate surface area is 109 Å². The molecule has 17 heavy (non-hydrogen) atoms. The molecule has 0 aliphatic rings. The number of benzene rings is 1. The molecule has 1 atom stereocenters. The molecule has 1 N–H and O–H groups in total. The van der Waals surface area contributed by atoms with Crippen LogP contribution in [0.1, 0.15) is 25.8 Å². The maximum atomic E-state index is 13.3. The summed E-state index contributed by atoms with van der Waals surface area (Å²) in [4.78, 5) is 11.4. The number of carbonyl (C=O) groups excluding carboxylic acids is 1. The minimum Gasteiger partial charge on any atom is -0.350 e. The second kappa shape index (κ2) is 6.55. The fraction of sp³-hybridized carbons (Fsp3) is 0.308. The van der Waals surface area contributed by atoms with Crippen molar-refractivity contribution in [2.45, 2.75) is 26.3 Å². The number of rotatable bonds is 4. The average Bonchev–Trinajstić information content (AvgIpc) is 2.30. The zero-order chi connectivity index (χ0) is 12.8. The molecule has 0 aromatic heterocycles. The summed E-state index contributed by atoms with van der Waals surface area (Å²) >= 11 is 3.25. The molecule has 0 saturated carbocycles. The zero-order valence-electron chi connectivity index (χ0n) is 9.84. The second-order valence-electron chi connectivity index (χ2n) is 3.82. The van der Waals surface area contributed by atoms with Crippen LogP contribution in [0.4, 0.5) is 4.39 Å². The highest BCUT2D eigenvalue weighted by Gasteiger charge is 2.03. The van der Waals surface area contributed by atoms with Gasteiger partial charge in [0.15, 0.2) is 0 Å². The highest BCUT2D eigenvalue weighted by molar-refractivity contribution is 9.10. The highest BCUT2D eigenvalue weighted by Crippen LogP contribution is 2.16. The van der Waals surface area contributed by atoms with E-state index in [0.29, 0.717) is 5.56 Å². The Kier molecular flexibility index (Phi) is 5.35. The van der Waals surface area contributed by atoms with Gasteiger partial charge in [-0.2, -0.15) is 0 Å². The standard InChI is InChI=1S/C13H15BrFNO/c1-3-9(2)16-13(17)7-4-10-8-11(14)5-6-12(10)15/h4-9H,3H2,1-2H3,(H,16,17)/b7-4+/t9-/m1/s1. The zero-order valence-corrected chi connectivity index (χ0v) is 11.4. The van der Waals surface area contributed by atoms with Crippen LogP contribution in [0, 0.1) is 5.82 Å². The van der Waals surface area contributed by atoms with E-state index in [1.165, 1.54) is 18.2 Å². The van der Waals surface area contributed by atoms with Gasteiger partial charge in [0.25, 0.3) is 0 Å². The summed E-state index contributed by atoms with van der Waals surface area (Å²) in [5, 5.41) is 2.77. The Morgan fingerprint density at radius 3 is 2.94 bits per heavy atom. The first kappa shape index (κ1) is 13.9. The van der Waals surface area contributed by atoms with E-state index in [1.807, 2.05) is 13.8 Å². The van der Waals surface area contributed by atoms with Crippen LogP contribution in [0.3, 0.4) is 0 Å². The Morgan fingerprint density at radius 2 is 2.29 bits per heavy atom. The van der Waals surface area contributed by atoms with Crippen molar-refractivity contribution in [3.63, 3.8) is 0 Å². The van der Waals surface area contributed by atoms with Gasteiger partial charge in [0.1, 0.15) is 5.82 Å². The van der Waals surface area contributed by atoms with E-state index in [2.05, 4.69) is 21.2 Å². The lowest BCUT2D eigenvalue weighted by molar-refractivity contribution is -0.117. The van der Waals surface area contributed by atoms with Crippen molar-refractivity contribution in [3.05, 3.63) is 40.1 Å². The van der Waals surface area contributed by atoms with E-state index in [0.717, 1.165) is 10.9 Å². The molecule has 0 unspecified atom stereocenters. The van der Waals surface area contributed by atoms with Gasteiger partial charge >= 0.3 is 0 Å². The number of halogens is 2. The van der Waals surface area contributed by atoms with Crippen LogP contribution in [0.25, 0.3) is 6.08 Å². The van der Waals surface area contributed by atoms with Crippen molar-refractivity contribution in [3.8, 4) is 0 Å². The van der Waals surface area contributed by atoms with E-state index < -0.39 is 0 Å². The van der Waals surface area contributed by atoms with E-state index in [1.54, 1.807) is 12.1 Å². The third-order valence-corrected chi connectivity index (χ3v) is 2.87. The lowest BCUT2D eigenvalue weighted by Crippen LogP contribution is -2.30. The number of carbonyl (C=O) groups is 1. The van der Waals surface area contributed by atoms with Crippen LogP contribution in [0.15, 0.2) is 28.7 Å². The van der Waals surface area contributed by atoms with Gasteiger partial charge in [-0.25, -0.2) is 4.39 Å². The topological polar surface area (TPSA) is 29.1 Å². The second-order valence-corrected chi connectivity index (χ2v) is 4.73. The first-order valence-corrected chi connectivity index (χ1v) is 6.26. The average molecular weight is 300 g/mol.